The number of imidazole rings is 1. The number of anilines is 1. The Bertz CT molecular complexity index is 1130. The molecule has 0 radical (unpaired) electrons. The summed E-state index contributed by atoms with van der Waals surface area (Å²) in [7, 11) is -4.34. The van der Waals surface area contributed by atoms with Crippen LogP contribution in [0.15, 0.2) is 35.7 Å². The minimum absolute atomic E-state index is 0.0408. The van der Waals surface area contributed by atoms with Gasteiger partial charge < -0.3 is 20.7 Å². The van der Waals surface area contributed by atoms with Gasteiger partial charge in [0, 0.05) is 12.4 Å². The number of pyridine rings is 1. The van der Waals surface area contributed by atoms with Crippen molar-refractivity contribution >= 4 is 27.1 Å². The van der Waals surface area contributed by atoms with Crippen LogP contribution in [0, 0.1) is 6.08 Å². The van der Waals surface area contributed by atoms with Gasteiger partial charge in [0.25, 0.3) is 0 Å². The van der Waals surface area contributed by atoms with Gasteiger partial charge in [-0.2, -0.15) is 22.8 Å². The van der Waals surface area contributed by atoms with Crippen molar-refractivity contribution in [1.82, 2.24) is 24.5 Å². The largest absolute Gasteiger partial charge is 0.385 e. The van der Waals surface area contributed by atoms with E-state index in [0.29, 0.717) is 0 Å². The van der Waals surface area contributed by atoms with Gasteiger partial charge in [0.05, 0.1) is 6.33 Å². The molecule has 1 saturated heterocycles. The van der Waals surface area contributed by atoms with Crippen LogP contribution in [0.25, 0.3) is 11.2 Å². The van der Waals surface area contributed by atoms with Gasteiger partial charge in [-0.3, -0.25) is 9.55 Å². The summed E-state index contributed by atoms with van der Waals surface area (Å²) in [6.07, 6.45) is -4.06. The third kappa shape index (κ3) is 3.06. The standard InChI is InChI=1S/C14H13FN6O6S/c15-14-19-10(16)7-11(20-14)21(5-18-7)12-8(22)9(23)13(26-12)27-28(24,25)6-2-1-3-17-4-6/h1-5,8-9,12-13,22-23H,(H2,16,19,20)/t8-,9+,12-,13-/m1/s1. The highest BCUT2D eigenvalue weighted by Gasteiger charge is 2.47. The van der Waals surface area contributed by atoms with Crippen LogP contribution in [0.3, 0.4) is 0 Å². The van der Waals surface area contributed by atoms with E-state index in [1.54, 1.807) is 0 Å². The molecule has 4 heterocycles. The molecule has 0 amide bonds. The first-order chi connectivity index (χ1) is 13.3. The van der Waals surface area contributed by atoms with E-state index in [9.17, 15) is 23.0 Å². The molecular weight excluding hydrogens is 399 g/mol. The van der Waals surface area contributed by atoms with Crippen molar-refractivity contribution in [3.63, 3.8) is 0 Å². The van der Waals surface area contributed by atoms with Crippen LogP contribution in [0.4, 0.5) is 10.2 Å². The van der Waals surface area contributed by atoms with Crippen molar-refractivity contribution in [3.8, 4) is 0 Å². The molecule has 0 saturated carbocycles. The SMILES string of the molecule is Nc1nc(F)nc2c1ncn2[C@@H]1O[C@H](OS(=O)(=O)c2cccnc2)[C@@H](O)[C@H]1O. The summed E-state index contributed by atoms with van der Waals surface area (Å²) in [5.41, 5.74) is 5.50. The second kappa shape index (κ2) is 6.68. The van der Waals surface area contributed by atoms with E-state index in [1.165, 1.54) is 18.3 Å². The monoisotopic (exact) mass is 412 g/mol. The smallest absolute Gasteiger partial charge is 0.312 e. The van der Waals surface area contributed by atoms with E-state index in [-0.39, 0.29) is 21.9 Å². The van der Waals surface area contributed by atoms with Crippen molar-refractivity contribution in [2.75, 3.05) is 5.73 Å². The number of ether oxygens (including phenoxy) is 1. The third-order valence-electron chi connectivity index (χ3n) is 4.03. The molecule has 12 nitrogen and oxygen atoms in total. The van der Waals surface area contributed by atoms with Crippen LogP contribution in [0.2, 0.25) is 0 Å². The van der Waals surface area contributed by atoms with E-state index in [4.69, 9.17) is 14.7 Å². The zero-order chi connectivity index (χ0) is 20.1. The van der Waals surface area contributed by atoms with Crippen LogP contribution in [0.5, 0.6) is 0 Å². The second-order valence-corrected chi connectivity index (χ2v) is 7.39. The first-order valence-electron chi connectivity index (χ1n) is 7.78. The Balaban J connectivity index is 1.64. The van der Waals surface area contributed by atoms with Gasteiger partial charge in [-0.15, -0.1) is 0 Å². The number of halogens is 1. The lowest BCUT2D eigenvalue weighted by Crippen LogP contribution is -2.34. The molecule has 1 aliphatic rings. The Hall–Kier alpha value is -2.78. The van der Waals surface area contributed by atoms with E-state index in [0.717, 1.165) is 17.1 Å². The molecule has 4 atom stereocenters. The Labute approximate surface area is 156 Å². The van der Waals surface area contributed by atoms with Gasteiger partial charge in [0.1, 0.15) is 17.1 Å². The number of aliphatic hydroxyl groups is 2. The molecule has 1 aliphatic heterocycles. The van der Waals surface area contributed by atoms with Gasteiger partial charge in [0.15, 0.2) is 23.2 Å². The average molecular weight is 412 g/mol. The first-order valence-corrected chi connectivity index (χ1v) is 9.19. The Kier molecular flexibility index (Phi) is 4.43. The molecule has 0 aliphatic carbocycles. The molecule has 4 N–H and O–H groups in total. The predicted octanol–water partition coefficient (Wildman–Crippen LogP) is -1.08. The maximum Gasteiger partial charge on any atom is 0.312 e. The molecule has 0 spiro atoms. The number of nitrogen functional groups attached to an aromatic ring is 1. The van der Waals surface area contributed by atoms with Crippen molar-refractivity contribution < 1.29 is 31.9 Å². The summed E-state index contributed by atoms with van der Waals surface area (Å²) in [4.78, 5) is 14.2. The van der Waals surface area contributed by atoms with Crippen molar-refractivity contribution in [2.24, 2.45) is 0 Å². The number of aliphatic hydroxyl groups excluding tert-OH is 2. The molecule has 14 heteroatoms. The molecular formula is C14H13FN6O6S. The summed E-state index contributed by atoms with van der Waals surface area (Å²) >= 11 is 0. The number of nitrogens with zero attached hydrogens (tertiary/aromatic N) is 5. The van der Waals surface area contributed by atoms with Crippen LogP contribution < -0.4 is 5.73 Å². The molecule has 1 fully saturated rings. The lowest BCUT2D eigenvalue weighted by atomic mass is 10.2. The molecule has 0 bridgehead atoms. The van der Waals surface area contributed by atoms with Gasteiger partial charge in [-0.25, -0.2) is 9.17 Å². The van der Waals surface area contributed by atoms with E-state index in [2.05, 4.69) is 19.9 Å². The summed E-state index contributed by atoms with van der Waals surface area (Å²) in [5, 5.41) is 20.5. The van der Waals surface area contributed by atoms with Crippen molar-refractivity contribution in [2.45, 2.75) is 29.6 Å². The van der Waals surface area contributed by atoms with E-state index >= 15 is 0 Å². The minimum Gasteiger partial charge on any atom is -0.385 e. The van der Waals surface area contributed by atoms with Crippen LogP contribution in [-0.2, 0) is 19.0 Å². The highest BCUT2D eigenvalue weighted by Crippen LogP contribution is 2.34. The molecule has 4 rings (SSSR count). The van der Waals surface area contributed by atoms with Gasteiger partial charge in [0.2, 0.25) is 6.29 Å². The minimum atomic E-state index is -4.34. The van der Waals surface area contributed by atoms with Crippen LogP contribution in [-0.4, -0.2) is 61.6 Å². The normalized spacial score (nSPS) is 25.4. The van der Waals surface area contributed by atoms with Gasteiger partial charge in [-0.05, 0) is 12.1 Å². The fourth-order valence-corrected chi connectivity index (χ4v) is 3.67. The summed E-state index contributed by atoms with van der Waals surface area (Å²) in [6.45, 7) is 0. The van der Waals surface area contributed by atoms with Gasteiger partial charge in [-0.1, -0.05) is 0 Å². The predicted molar refractivity (Wildman–Crippen MR) is 88.1 cm³/mol. The molecule has 0 aromatic carbocycles. The van der Waals surface area contributed by atoms with E-state index in [1.807, 2.05) is 0 Å². The lowest BCUT2D eigenvalue weighted by Gasteiger charge is -2.16. The zero-order valence-corrected chi connectivity index (χ0v) is 14.6. The maximum atomic E-state index is 13.5. The number of nitrogens with two attached hydrogens (primary N) is 1. The highest BCUT2D eigenvalue weighted by molar-refractivity contribution is 7.86. The molecule has 0 unspecified atom stereocenters. The number of hydrogen-bond acceptors (Lipinski definition) is 11. The Morgan fingerprint density at radius 3 is 2.79 bits per heavy atom. The number of rotatable bonds is 4. The second-order valence-electron chi connectivity index (χ2n) is 5.82. The number of hydrogen-bond donors (Lipinski definition) is 3. The topological polar surface area (TPSA) is 176 Å². The number of aromatic nitrogens is 5. The maximum absolute atomic E-state index is 13.5. The lowest BCUT2D eigenvalue weighted by molar-refractivity contribution is -0.122. The van der Waals surface area contributed by atoms with Crippen LogP contribution in [0.1, 0.15) is 6.23 Å². The fraction of sp³-hybridized carbons (Fsp3) is 0.286. The van der Waals surface area contributed by atoms with Gasteiger partial charge >= 0.3 is 16.2 Å². The highest BCUT2D eigenvalue weighted by atomic mass is 32.2. The average Bonchev–Trinajstić information content (AvgIpc) is 3.19. The summed E-state index contributed by atoms with van der Waals surface area (Å²) in [6, 6.07) is 2.62. The Morgan fingerprint density at radius 1 is 1.29 bits per heavy atom. The quantitative estimate of drug-likeness (QED) is 0.351. The van der Waals surface area contributed by atoms with Crippen molar-refractivity contribution in [1.29, 1.82) is 0 Å². The molecule has 148 valence electrons. The fourth-order valence-electron chi connectivity index (χ4n) is 2.71. The van der Waals surface area contributed by atoms with Crippen LogP contribution >= 0.6 is 0 Å². The molecule has 3 aromatic heterocycles. The first kappa shape index (κ1) is 18.6. The molecule has 3 aromatic rings. The number of fused-ring (bicyclic) bond motifs is 1. The summed E-state index contributed by atoms with van der Waals surface area (Å²) in [5.74, 6) is -0.235. The van der Waals surface area contributed by atoms with Crippen molar-refractivity contribution in [3.05, 3.63) is 36.9 Å². The Morgan fingerprint density at radius 2 is 2.07 bits per heavy atom. The van der Waals surface area contributed by atoms with E-state index < -0.39 is 40.9 Å². The summed E-state index contributed by atoms with van der Waals surface area (Å²) < 4.78 is 49.4. The third-order valence-corrected chi connectivity index (χ3v) is 5.30. The zero-order valence-electron chi connectivity index (χ0n) is 13.8. The molecule has 28 heavy (non-hydrogen) atoms.